The second-order valence-electron chi connectivity index (χ2n) is 5.18. The van der Waals surface area contributed by atoms with E-state index in [-0.39, 0.29) is 5.41 Å². The Bertz CT molecular complexity index is 481. The molecule has 0 amide bonds. The summed E-state index contributed by atoms with van der Waals surface area (Å²) in [4.78, 5) is 12.4. The molecule has 1 aliphatic heterocycles. The molecule has 82 valence electrons. The Kier molecular flexibility index (Phi) is 1.69. The van der Waals surface area contributed by atoms with E-state index < -0.39 is 0 Å². The minimum absolute atomic E-state index is 0.0670. The van der Waals surface area contributed by atoms with E-state index in [2.05, 4.69) is 24.3 Å². The lowest BCUT2D eigenvalue weighted by Crippen LogP contribution is -2.60. The fraction of sp³-hybridized carbons (Fsp3) is 0.500. The van der Waals surface area contributed by atoms with Gasteiger partial charge in [0.15, 0.2) is 0 Å². The quantitative estimate of drug-likeness (QED) is 0.681. The molecule has 1 aromatic carbocycles. The zero-order valence-corrected chi connectivity index (χ0v) is 9.93. The highest BCUT2D eigenvalue weighted by Gasteiger charge is 2.65. The first kappa shape index (κ1) is 9.29. The van der Waals surface area contributed by atoms with Gasteiger partial charge in [0.25, 0.3) is 0 Å². The van der Waals surface area contributed by atoms with E-state index in [0.29, 0.717) is 17.0 Å². The lowest BCUT2D eigenvalue weighted by Gasteiger charge is -2.48. The van der Waals surface area contributed by atoms with Crippen LogP contribution >= 0.6 is 11.8 Å². The molecule has 16 heavy (non-hydrogen) atoms. The molecule has 2 fully saturated rings. The average molecular weight is 230 g/mol. The van der Waals surface area contributed by atoms with Gasteiger partial charge >= 0.3 is 0 Å². The topological polar surface area (TPSA) is 17.1 Å². The number of carbonyl (C=O) groups is 1. The van der Waals surface area contributed by atoms with Gasteiger partial charge in [-0.15, -0.1) is 0 Å². The smallest absolute Gasteiger partial charge is 0.148 e. The number of hydrogen-bond donors (Lipinski definition) is 0. The van der Waals surface area contributed by atoms with Crippen LogP contribution in [0, 0.1) is 5.92 Å². The highest BCUT2D eigenvalue weighted by atomic mass is 32.2. The van der Waals surface area contributed by atoms with Crippen molar-refractivity contribution < 1.29 is 4.79 Å². The molecule has 2 heteroatoms. The minimum Gasteiger partial charge on any atom is -0.298 e. The molecule has 1 heterocycles. The Morgan fingerprint density at radius 1 is 1.31 bits per heavy atom. The first-order valence-electron chi connectivity index (χ1n) is 6.08. The number of fused-ring (bicyclic) bond motifs is 4. The molecule has 0 N–H and O–H groups in total. The number of aryl methyl sites for hydroxylation is 1. The van der Waals surface area contributed by atoms with Crippen molar-refractivity contribution >= 4 is 17.5 Å². The number of hydrogen-bond acceptors (Lipinski definition) is 2. The van der Waals surface area contributed by atoms with Crippen LogP contribution in [0.15, 0.2) is 24.3 Å². The van der Waals surface area contributed by atoms with Gasteiger partial charge in [-0.2, -0.15) is 11.8 Å². The zero-order valence-electron chi connectivity index (χ0n) is 9.11. The summed E-state index contributed by atoms with van der Waals surface area (Å²) in [7, 11) is 0. The summed E-state index contributed by atoms with van der Waals surface area (Å²) in [6.45, 7) is 0. The summed E-state index contributed by atoms with van der Waals surface area (Å²) < 4.78 is 0. The molecule has 2 aliphatic carbocycles. The van der Waals surface area contributed by atoms with E-state index in [9.17, 15) is 4.79 Å². The van der Waals surface area contributed by atoms with Crippen molar-refractivity contribution in [3.8, 4) is 0 Å². The summed E-state index contributed by atoms with van der Waals surface area (Å²) in [5.41, 5.74) is 2.71. The van der Waals surface area contributed by atoms with Crippen molar-refractivity contribution in [2.45, 2.75) is 29.9 Å². The van der Waals surface area contributed by atoms with Crippen LogP contribution in [-0.4, -0.2) is 16.8 Å². The average Bonchev–Trinajstić information content (AvgIpc) is 2.91. The Balaban J connectivity index is 1.87. The van der Waals surface area contributed by atoms with Crippen LogP contribution in [0.3, 0.4) is 0 Å². The Hall–Kier alpha value is -0.760. The van der Waals surface area contributed by atoms with Gasteiger partial charge in [-0.1, -0.05) is 24.3 Å². The number of ketones is 1. The summed E-state index contributed by atoms with van der Waals surface area (Å²) >= 11 is 2.03. The van der Waals surface area contributed by atoms with Crippen LogP contribution < -0.4 is 0 Å². The molecule has 4 rings (SSSR count). The first-order valence-corrected chi connectivity index (χ1v) is 7.13. The van der Waals surface area contributed by atoms with Gasteiger partial charge < -0.3 is 0 Å². The lowest BCUT2D eigenvalue weighted by atomic mass is 9.57. The molecular weight excluding hydrogens is 216 g/mol. The second-order valence-corrected chi connectivity index (χ2v) is 6.43. The maximum absolute atomic E-state index is 12.4. The van der Waals surface area contributed by atoms with Crippen LogP contribution in [0.2, 0.25) is 0 Å². The van der Waals surface area contributed by atoms with Gasteiger partial charge in [0.2, 0.25) is 0 Å². The van der Waals surface area contributed by atoms with Gasteiger partial charge in [0, 0.05) is 11.2 Å². The van der Waals surface area contributed by atoms with Crippen molar-refractivity contribution in [3.05, 3.63) is 35.4 Å². The molecule has 3 unspecified atom stereocenters. The first-order chi connectivity index (χ1) is 7.84. The predicted octanol–water partition coefficient (Wildman–Crippen LogP) is 2.58. The van der Waals surface area contributed by atoms with Crippen molar-refractivity contribution in [1.82, 2.24) is 0 Å². The van der Waals surface area contributed by atoms with Crippen LogP contribution in [0.4, 0.5) is 0 Å². The summed E-state index contributed by atoms with van der Waals surface area (Å²) in [5.74, 6) is 2.12. The van der Waals surface area contributed by atoms with Gasteiger partial charge in [0.1, 0.15) is 5.78 Å². The molecule has 1 spiro atoms. The lowest BCUT2D eigenvalue weighted by molar-refractivity contribution is -0.137. The highest BCUT2D eigenvalue weighted by Crippen LogP contribution is 2.61. The molecule has 0 bridgehead atoms. The molecule has 1 saturated carbocycles. The number of carbonyl (C=O) groups excluding carboxylic acids is 1. The largest absolute Gasteiger partial charge is 0.298 e. The molecule has 1 saturated heterocycles. The molecule has 0 aromatic heterocycles. The Labute approximate surface area is 99.6 Å². The number of benzene rings is 1. The minimum atomic E-state index is -0.0670. The third kappa shape index (κ3) is 0.852. The van der Waals surface area contributed by atoms with Crippen molar-refractivity contribution in [3.63, 3.8) is 0 Å². The van der Waals surface area contributed by atoms with Crippen LogP contribution in [0.1, 0.15) is 24.0 Å². The number of Topliss-reactive ketones (excluding diaryl/α,β-unsaturated/α-hetero) is 1. The number of rotatable bonds is 0. The Morgan fingerprint density at radius 3 is 3.12 bits per heavy atom. The molecule has 3 aliphatic rings. The van der Waals surface area contributed by atoms with Gasteiger partial charge in [0.05, 0.1) is 5.41 Å². The molecular formula is C14H14OS. The fourth-order valence-electron chi connectivity index (χ4n) is 3.91. The SMILES string of the molecule is O=C1C2CCSC2C12CCc1ccccc12. The summed E-state index contributed by atoms with van der Waals surface area (Å²) in [6, 6.07) is 8.58. The van der Waals surface area contributed by atoms with E-state index in [4.69, 9.17) is 0 Å². The van der Waals surface area contributed by atoms with E-state index in [1.807, 2.05) is 11.8 Å². The summed E-state index contributed by atoms with van der Waals surface area (Å²) in [5, 5.41) is 0.601. The van der Waals surface area contributed by atoms with Crippen molar-refractivity contribution in [1.29, 1.82) is 0 Å². The molecule has 1 nitrogen and oxygen atoms in total. The van der Waals surface area contributed by atoms with E-state index in [0.717, 1.165) is 19.3 Å². The standard InChI is InChI=1S/C14H14OS/c15-12-10-6-8-16-13(10)14(12)7-5-9-3-1-2-4-11(9)14/h1-4,10,13H,5-8H2. The highest BCUT2D eigenvalue weighted by molar-refractivity contribution is 8.00. The van der Waals surface area contributed by atoms with Gasteiger partial charge in [-0.05, 0) is 36.1 Å². The Morgan fingerprint density at radius 2 is 2.19 bits per heavy atom. The van der Waals surface area contributed by atoms with Crippen LogP contribution in [-0.2, 0) is 16.6 Å². The van der Waals surface area contributed by atoms with Gasteiger partial charge in [-0.3, -0.25) is 4.79 Å². The second kappa shape index (κ2) is 2.92. The maximum Gasteiger partial charge on any atom is 0.148 e. The van der Waals surface area contributed by atoms with E-state index in [1.165, 1.54) is 16.9 Å². The monoisotopic (exact) mass is 230 g/mol. The number of thioether (sulfide) groups is 1. The molecule has 0 radical (unpaired) electrons. The molecule has 1 aromatic rings. The van der Waals surface area contributed by atoms with Crippen molar-refractivity contribution in [2.75, 3.05) is 5.75 Å². The predicted molar refractivity (Wildman–Crippen MR) is 65.8 cm³/mol. The zero-order chi connectivity index (χ0) is 10.8. The fourth-order valence-corrected chi connectivity index (χ4v) is 5.69. The third-order valence-corrected chi connectivity index (χ3v) is 6.20. The van der Waals surface area contributed by atoms with E-state index >= 15 is 0 Å². The normalized spacial score (nSPS) is 39.6. The van der Waals surface area contributed by atoms with Crippen LogP contribution in [0.5, 0.6) is 0 Å². The van der Waals surface area contributed by atoms with Crippen LogP contribution in [0.25, 0.3) is 0 Å². The van der Waals surface area contributed by atoms with Crippen molar-refractivity contribution in [2.24, 2.45) is 5.92 Å². The molecule has 3 atom stereocenters. The third-order valence-electron chi connectivity index (χ3n) is 4.64. The van der Waals surface area contributed by atoms with E-state index in [1.54, 1.807) is 0 Å². The van der Waals surface area contributed by atoms with Gasteiger partial charge in [-0.25, -0.2) is 0 Å². The maximum atomic E-state index is 12.4. The summed E-state index contributed by atoms with van der Waals surface area (Å²) in [6.07, 6.45) is 3.29.